The number of ketones is 1. The Morgan fingerprint density at radius 1 is 1.21 bits per heavy atom. The van der Waals surface area contributed by atoms with E-state index in [0.717, 1.165) is 39.1 Å². The number of rotatable bonds is 4. The summed E-state index contributed by atoms with van der Waals surface area (Å²) in [6.07, 6.45) is 2.03. The summed E-state index contributed by atoms with van der Waals surface area (Å²) in [5.41, 5.74) is 2.28. The molecule has 1 aliphatic carbocycles. The van der Waals surface area contributed by atoms with Crippen LogP contribution in [0.2, 0.25) is 0 Å². The molecule has 1 saturated heterocycles. The predicted octanol–water partition coefficient (Wildman–Crippen LogP) is 1.93. The molecule has 1 saturated carbocycles. The molecule has 2 fully saturated rings. The van der Waals surface area contributed by atoms with Gasteiger partial charge in [-0.2, -0.15) is 0 Å². The average molecular weight is 259 g/mol. The molecule has 0 aromatic heterocycles. The maximum atomic E-state index is 12.6. The second-order valence-electron chi connectivity index (χ2n) is 5.76. The van der Waals surface area contributed by atoms with E-state index in [1.54, 1.807) is 0 Å². The van der Waals surface area contributed by atoms with Crippen LogP contribution in [0.15, 0.2) is 24.3 Å². The quantitative estimate of drug-likeness (QED) is 0.827. The zero-order chi connectivity index (χ0) is 13.3. The lowest BCUT2D eigenvalue weighted by Crippen LogP contribution is -2.42. The van der Waals surface area contributed by atoms with Crippen LogP contribution in [0, 0.1) is 6.92 Å². The van der Waals surface area contributed by atoms with E-state index in [9.17, 15) is 4.79 Å². The van der Waals surface area contributed by atoms with E-state index in [1.807, 2.05) is 0 Å². The number of hydrogen-bond donors (Lipinski definition) is 0. The molecule has 102 valence electrons. The van der Waals surface area contributed by atoms with Crippen molar-refractivity contribution in [2.24, 2.45) is 0 Å². The summed E-state index contributed by atoms with van der Waals surface area (Å²) in [5.74, 6) is 0.387. The molecule has 0 bridgehead atoms. The van der Waals surface area contributed by atoms with Crippen LogP contribution in [0.3, 0.4) is 0 Å². The van der Waals surface area contributed by atoms with Crippen LogP contribution in [0.25, 0.3) is 0 Å². The van der Waals surface area contributed by atoms with Crippen LogP contribution < -0.4 is 0 Å². The first-order valence-corrected chi connectivity index (χ1v) is 7.11. The van der Waals surface area contributed by atoms with Gasteiger partial charge in [0, 0.05) is 13.1 Å². The van der Waals surface area contributed by atoms with Gasteiger partial charge in [0.25, 0.3) is 0 Å². The molecule has 1 aromatic rings. The summed E-state index contributed by atoms with van der Waals surface area (Å²) >= 11 is 0. The van der Waals surface area contributed by atoms with Crippen molar-refractivity contribution < 1.29 is 9.53 Å². The molecule has 0 atom stereocenters. The van der Waals surface area contributed by atoms with Gasteiger partial charge in [0.15, 0.2) is 5.78 Å². The number of ether oxygens (including phenoxy) is 1. The van der Waals surface area contributed by atoms with Gasteiger partial charge in [0.05, 0.1) is 25.2 Å². The van der Waals surface area contributed by atoms with E-state index < -0.39 is 0 Å². The van der Waals surface area contributed by atoms with Gasteiger partial charge < -0.3 is 4.74 Å². The lowest BCUT2D eigenvalue weighted by Gasteiger charge is -2.27. The first-order chi connectivity index (χ1) is 9.21. The van der Waals surface area contributed by atoms with Gasteiger partial charge in [-0.25, -0.2) is 0 Å². The monoisotopic (exact) mass is 259 g/mol. The summed E-state index contributed by atoms with van der Waals surface area (Å²) in [7, 11) is 0. The Labute approximate surface area is 114 Å². The Kier molecular flexibility index (Phi) is 3.42. The number of carbonyl (C=O) groups is 1. The van der Waals surface area contributed by atoms with Crippen molar-refractivity contribution >= 4 is 5.78 Å². The highest BCUT2D eigenvalue weighted by Gasteiger charge is 2.50. The van der Waals surface area contributed by atoms with Crippen molar-refractivity contribution in [3.8, 4) is 0 Å². The summed E-state index contributed by atoms with van der Waals surface area (Å²) in [6.45, 7) is 5.94. The predicted molar refractivity (Wildman–Crippen MR) is 74.4 cm³/mol. The van der Waals surface area contributed by atoms with Crippen molar-refractivity contribution in [1.29, 1.82) is 0 Å². The van der Waals surface area contributed by atoms with Gasteiger partial charge >= 0.3 is 0 Å². The average Bonchev–Trinajstić information content (AvgIpc) is 3.22. The van der Waals surface area contributed by atoms with E-state index in [2.05, 4.69) is 36.1 Å². The lowest BCUT2D eigenvalue weighted by molar-refractivity contribution is -0.123. The van der Waals surface area contributed by atoms with Crippen molar-refractivity contribution in [2.45, 2.75) is 25.2 Å². The number of morpholine rings is 1. The molecule has 19 heavy (non-hydrogen) atoms. The molecule has 1 aliphatic heterocycles. The number of nitrogens with zero attached hydrogens (tertiary/aromatic N) is 1. The molecule has 0 unspecified atom stereocenters. The van der Waals surface area contributed by atoms with Crippen LogP contribution in [0.5, 0.6) is 0 Å². The highest BCUT2D eigenvalue weighted by Crippen LogP contribution is 2.49. The fourth-order valence-electron chi connectivity index (χ4n) is 2.84. The Bertz CT molecular complexity index is 456. The Morgan fingerprint density at radius 2 is 1.84 bits per heavy atom. The van der Waals surface area contributed by atoms with Gasteiger partial charge in [-0.3, -0.25) is 9.69 Å². The lowest BCUT2D eigenvalue weighted by atomic mass is 9.90. The number of carbonyl (C=O) groups excluding carboxylic acids is 1. The molecular formula is C16H21NO2. The Hall–Kier alpha value is -1.19. The van der Waals surface area contributed by atoms with Crippen LogP contribution in [-0.4, -0.2) is 43.5 Å². The Morgan fingerprint density at radius 3 is 2.42 bits per heavy atom. The number of benzene rings is 1. The SMILES string of the molecule is Cc1ccc(C2(C(=O)CN3CCOCC3)CC2)cc1. The summed E-state index contributed by atoms with van der Waals surface area (Å²) in [4.78, 5) is 14.8. The van der Waals surface area contributed by atoms with E-state index >= 15 is 0 Å². The largest absolute Gasteiger partial charge is 0.379 e. The second kappa shape index (κ2) is 5.06. The minimum Gasteiger partial charge on any atom is -0.379 e. The minimum atomic E-state index is -0.175. The van der Waals surface area contributed by atoms with Crippen molar-refractivity contribution in [1.82, 2.24) is 4.90 Å². The molecule has 0 radical (unpaired) electrons. The summed E-state index contributed by atoms with van der Waals surface area (Å²) < 4.78 is 5.33. The van der Waals surface area contributed by atoms with Gasteiger partial charge in [-0.1, -0.05) is 29.8 Å². The van der Waals surface area contributed by atoms with Crippen LogP contribution in [0.1, 0.15) is 24.0 Å². The van der Waals surface area contributed by atoms with Crippen molar-refractivity contribution in [2.75, 3.05) is 32.8 Å². The van der Waals surface area contributed by atoms with Gasteiger partial charge in [-0.15, -0.1) is 0 Å². The zero-order valence-electron chi connectivity index (χ0n) is 11.5. The highest BCUT2D eigenvalue weighted by atomic mass is 16.5. The smallest absolute Gasteiger partial charge is 0.157 e. The number of aryl methyl sites for hydroxylation is 1. The molecule has 1 heterocycles. The second-order valence-corrected chi connectivity index (χ2v) is 5.76. The maximum absolute atomic E-state index is 12.6. The molecule has 2 aliphatic rings. The van der Waals surface area contributed by atoms with Crippen molar-refractivity contribution in [3.63, 3.8) is 0 Å². The first-order valence-electron chi connectivity index (χ1n) is 7.11. The summed E-state index contributed by atoms with van der Waals surface area (Å²) in [5, 5.41) is 0. The molecule has 0 spiro atoms. The number of hydrogen-bond acceptors (Lipinski definition) is 3. The van der Waals surface area contributed by atoms with E-state index in [1.165, 1.54) is 11.1 Å². The maximum Gasteiger partial charge on any atom is 0.157 e. The molecule has 3 heteroatoms. The standard InChI is InChI=1S/C16H21NO2/c1-13-2-4-14(5-3-13)16(6-7-16)15(18)12-17-8-10-19-11-9-17/h2-5H,6-12H2,1H3. The minimum absolute atomic E-state index is 0.175. The zero-order valence-corrected chi connectivity index (χ0v) is 11.5. The van der Waals surface area contributed by atoms with E-state index in [4.69, 9.17) is 4.74 Å². The molecule has 0 N–H and O–H groups in total. The molecular weight excluding hydrogens is 238 g/mol. The van der Waals surface area contributed by atoms with Crippen LogP contribution in [0.4, 0.5) is 0 Å². The topological polar surface area (TPSA) is 29.5 Å². The third-order valence-electron chi connectivity index (χ3n) is 4.36. The van der Waals surface area contributed by atoms with Crippen LogP contribution >= 0.6 is 0 Å². The fourth-order valence-corrected chi connectivity index (χ4v) is 2.84. The van der Waals surface area contributed by atoms with Crippen LogP contribution in [-0.2, 0) is 14.9 Å². The Balaban J connectivity index is 1.70. The van der Waals surface area contributed by atoms with E-state index in [0.29, 0.717) is 12.3 Å². The summed E-state index contributed by atoms with van der Waals surface area (Å²) in [6, 6.07) is 8.47. The molecule has 3 nitrogen and oxygen atoms in total. The molecule has 0 amide bonds. The third kappa shape index (κ3) is 2.58. The van der Waals surface area contributed by atoms with Crippen molar-refractivity contribution in [3.05, 3.63) is 35.4 Å². The van der Waals surface area contributed by atoms with E-state index in [-0.39, 0.29) is 5.41 Å². The third-order valence-corrected chi connectivity index (χ3v) is 4.36. The van der Waals surface area contributed by atoms with Gasteiger partial charge in [0.2, 0.25) is 0 Å². The molecule has 1 aromatic carbocycles. The number of Topliss-reactive ketones (excluding diaryl/α,β-unsaturated/α-hetero) is 1. The fraction of sp³-hybridized carbons (Fsp3) is 0.562. The normalized spacial score (nSPS) is 22.2. The van der Waals surface area contributed by atoms with Gasteiger partial charge in [0.1, 0.15) is 0 Å². The first kappa shape index (κ1) is 12.8. The molecule has 3 rings (SSSR count). The highest BCUT2D eigenvalue weighted by molar-refractivity contribution is 5.94. The van der Waals surface area contributed by atoms with Gasteiger partial charge in [-0.05, 0) is 25.3 Å².